The van der Waals surface area contributed by atoms with Gasteiger partial charge in [-0.2, -0.15) is 0 Å². The van der Waals surface area contributed by atoms with E-state index in [2.05, 4.69) is 15.2 Å². The van der Waals surface area contributed by atoms with Gasteiger partial charge in [0.2, 0.25) is 0 Å². The Hall–Kier alpha value is -2.40. The second-order valence-corrected chi connectivity index (χ2v) is 5.59. The van der Waals surface area contributed by atoms with E-state index in [1.165, 1.54) is 0 Å². The van der Waals surface area contributed by atoms with Crippen LogP contribution in [0.15, 0.2) is 48.8 Å². The zero-order chi connectivity index (χ0) is 16.1. The lowest BCUT2D eigenvalue weighted by Gasteiger charge is -2.30. The molecule has 1 fully saturated rings. The van der Waals surface area contributed by atoms with Crippen LogP contribution in [0.4, 0.5) is 5.69 Å². The number of aromatic nitrogens is 1. The largest absolute Gasteiger partial charge is 0.378 e. The van der Waals surface area contributed by atoms with Crippen molar-refractivity contribution in [2.24, 2.45) is 0 Å². The molecular formula is C18H21N3O2. The van der Waals surface area contributed by atoms with Gasteiger partial charge in [-0.15, -0.1) is 0 Å². The Labute approximate surface area is 136 Å². The van der Waals surface area contributed by atoms with Crippen LogP contribution in [0.3, 0.4) is 0 Å². The number of amides is 1. The van der Waals surface area contributed by atoms with Gasteiger partial charge in [-0.3, -0.25) is 9.78 Å². The van der Waals surface area contributed by atoms with Gasteiger partial charge in [0.15, 0.2) is 0 Å². The van der Waals surface area contributed by atoms with Crippen LogP contribution in [0, 0.1) is 0 Å². The Bertz CT molecular complexity index is 654. The van der Waals surface area contributed by atoms with E-state index >= 15 is 0 Å². The van der Waals surface area contributed by atoms with Crippen LogP contribution in [-0.2, 0) is 4.74 Å². The molecule has 1 aromatic heterocycles. The maximum atomic E-state index is 12.7. The van der Waals surface area contributed by atoms with Gasteiger partial charge in [-0.25, -0.2) is 0 Å². The minimum absolute atomic E-state index is 0.0589. The number of anilines is 1. The Kier molecular flexibility index (Phi) is 4.88. The number of carbonyl (C=O) groups excluding carboxylic acids is 1. The van der Waals surface area contributed by atoms with Crippen molar-refractivity contribution in [3.63, 3.8) is 0 Å². The molecule has 2 heterocycles. The maximum Gasteiger partial charge on any atom is 0.253 e. The minimum Gasteiger partial charge on any atom is -0.378 e. The van der Waals surface area contributed by atoms with Crippen molar-refractivity contribution in [1.29, 1.82) is 0 Å². The molecule has 0 saturated carbocycles. The summed E-state index contributed by atoms with van der Waals surface area (Å²) in [6.07, 6.45) is 3.47. The first-order chi connectivity index (χ1) is 11.3. The fraction of sp³-hybridized carbons (Fsp3) is 0.333. The predicted molar refractivity (Wildman–Crippen MR) is 89.6 cm³/mol. The summed E-state index contributed by atoms with van der Waals surface area (Å²) in [6, 6.07) is 11.5. The maximum absolute atomic E-state index is 12.7. The number of nitrogens with zero attached hydrogens (tertiary/aromatic N) is 2. The molecule has 2 aromatic rings. The van der Waals surface area contributed by atoms with Crippen LogP contribution in [0.2, 0.25) is 0 Å². The smallest absolute Gasteiger partial charge is 0.253 e. The Balaban J connectivity index is 1.77. The van der Waals surface area contributed by atoms with Crippen LogP contribution in [0.5, 0.6) is 0 Å². The normalized spacial score (nSPS) is 16.0. The second-order valence-electron chi connectivity index (χ2n) is 5.59. The summed E-state index contributed by atoms with van der Waals surface area (Å²) in [5.41, 5.74) is 2.71. The number of pyridine rings is 1. The van der Waals surface area contributed by atoms with Crippen molar-refractivity contribution < 1.29 is 9.53 Å². The first-order valence-electron chi connectivity index (χ1n) is 7.88. The summed E-state index contributed by atoms with van der Waals surface area (Å²) in [5.74, 6) is -0.0589. The molecule has 1 saturated heterocycles. The molecule has 0 spiro atoms. The van der Waals surface area contributed by atoms with E-state index in [-0.39, 0.29) is 11.9 Å². The van der Waals surface area contributed by atoms with Gasteiger partial charge >= 0.3 is 0 Å². The monoisotopic (exact) mass is 311 g/mol. The van der Waals surface area contributed by atoms with Crippen LogP contribution in [0.25, 0.3) is 0 Å². The first kappa shape index (κ1) is 15.5. The number of morpholine rings is 1. The van der Waals surface area contributed by atoms with Crippen molar-refractivity contribution in [3.8, 4) is 0 Å². The van der Waals surface area contributed by atoms with Crippen LogP contribution >= 0.6 is 0 Å². The van der Waals surface area contributed by atoms with Gasteiger partial charge in [0.1, 0.15) is 0 Å². The third-order valence-electron chi connectivity index (χ3n) is 4.05. The molecule has 0 aliphatic carbocycles. The highest BCUT2D eigenvalue weighted by molar-refractivity contribution is 6.00. The molecule has 1 aromatic carbocycles. The average molecular weight is 311 g/mol. The molecule has 23 heavy (non-hydrogen) atoms. The lowest BCUT2D eigenvalue weighted by molar-refractivity contribution is 0.0938. The number of ether oxygens (including phenoxy) is 1. The summed E-state index contributed by atoms with van der Waals surface area (Å²) >= 11 is 0. The number of rotatable bonds is 4. The third kappa shape index (κ3) is 3.68. The van der Waals surface area contributed by atoms with Crippen molar-refractivity contribution in [2.45, 2.75) is 13.0 Å². The Morgan fingerprint density at radius 1 is 1.17 bits per heavy atom. The van der Waals surface area contributed by atoms with Crippen molar-refractivity contribution >= 4 is 11.6 Å². The molecule has 1 atom stereocenters. The number of nitrogens with one attached hydrogen (secondary N) is 1. The number of carbonyl (C=O) groups is 1. The van der Waals surface area contributed by atoms with Gasteiger partial charge in [0, 0.05) is 31.2 Å². The Morgan fingerprint density at radius 3 is 2.61 bits per heavy atom. The molecule has 0 unspecified atom stereocenters. The summed E-state index contributed by atoms with van der Waals surface area (Å²) in [6.45, 7) is 4.99. The van der Waals surface area contributed by atoms with Crippen molar-refractivity contribution in [2.75, 3.05) is 31.2 Å². The molecule has 1 N–H and O–H groups in total. The summed E-state index contributed by atoms with van der Waals surface area (Å²) < 4.78 is 5.40. The van der Waals surface area contributed by atoms with E-state index in [0.717, 1.165) is 24.3 Å². The molecule has 0 radical (unpaired) electrons. The predicted octanol–water partition coefficient (Wildman–Crippen LogP) is 2.41. The zero-order valence-electron chi connectivity index (χ0n) is 13.2. The average Bonchev–Trinajstić information content (AvgIpc) is 2.63. The third-order valence-corrected chi connectivity index (χ3v) is 4.05. The fourth-order valence-corrected chi connectivity index (χ4v) is 2.76. The standard InChI is InChI=1S/C18H21N3O2/c1-14(15-6-8-19-9-7-15)20-18(22)16-4-2-3-5-17(16)21-10-12-23-13-11-21/h2-9,14H,10-13H2,1H3,(H,20,22)/t14-/m0/s1. The lowest BCUT2D eigenvalue weighted by atomic mass is 10.1. The molecule has 5 nitrogen and oxygen atoms in total. The molecular weight excluding hydrogens is 290 g/mol. The summed E-state index contributed by atoms with van der Waals surface area (Å²) in [4.78, 5) is 18.9. The molecule has 0 bridgehead atoms. The van der Waals surface area contributed by atoms with E-state index in [1.54, 1.807) is 12.4 Å². The first-order valence-corrected chi connectivity index (χ1v) is 7.88. The van der Waals surface area contributed by atoms with Crippen molar-refractivity contribution in [1.82, 2.24) is 10.3 Å². The van der Waals surface area contributed by atoms with Gasteiger partial charge in [-0.1, -0.05) is 12.1 Å². The summed E-state index contributed by atoms with van der Waals surface area (Å²) in [7, 11) is 0. The van der Waals surface area contributed by atoms with E-state index in [9.17, 15) is 4.79 Å². The topological polar surface area (TPSA) is 54.5 Å². The quantitative estimate of drug-likeness (QED) is 0.942. The zero-order valence-corrected chi connectivity index (χ0v) is 13.2. The highest BCUT2D eigenvalue weighted by atomic mass is 16.5. The van der Waals surface area contributed by atoms with E-state index in [4.69, 9.17) is 4.74 Å². The number of para-hydroxylation sites is 1. The molecule has 1 amide bonds. The number of hydrogen-bond donors (Lipinski definition) is 1. The molecule has 120 valence electrons. The molecule has 1 aliphatic heterocycles. The highest BCUT2D eigenvalue weighted by Crippen LogP contribution is 2.22. The van der Waals surface area contributed by atoms with Gasteiger partial charge in [0.25, 0.3) is 5.91 Å². The highest BCUT2D eigenvalue weighted by Gasteiger charge is 2.19. The van der Waals surface area contributed by atoms with Crippen LogP contribution in [0.1, 0.15) is 28.9 Å². The number of hydrogen-bond acceptors (Lipinski definition) is 4. The van der Waals surface area contributed by atoms with Gasteiger partial charge in [0.05, 0.1) is 24.8 Å². The van der Waals surface area contributed by atoms with Crippen LogP contribution < -0.4 is 10.2 Å². The van der Waals surface area contributed by atoms with E-state index in [0.29, 0.717) is 18.8 Å². The van der Waals surface area contributed by atoms with Gasteiger partial charge < -0.3 is 15.0 Å². The van der Waals surface area contributed by atoms with E-state index < -0.39 is 0 Å². The SMILES string of the molecule is C[C@H](NC(=O)c1ccccc1N1CCOCC1)c1ccncc1. The molecule has 5 heteroatoms. The fourth-order valence-electron chi connectivity index (χ4n) is 2.76. The van der Waals surface area contributed by atoms with E-state index in [1.807, 2.05) is 43.3 Å². The number of benzene rings is 1. The molecule has 1 aliphatic rings. The van der Waals surface area contributed by atoms with Crippen LogP contribution in [-0.4, -0.2) is 37.2 Å². The minimum atomic E-state index is -0.0664. The second kappa shape index (κ2) is 7.24. The Morgan fingerprint density at radius 2 is 1.87 bits per heavy atom. The molecule has 3 rings (SSSR count). The van der Waals surface area contributed by atoms with Gasteiger partial charge in [-0.05, 0) is 36.8 Å². The summed E-state index contributed by atoms with van der Waals surface area (Å²) in [5, 5.41) is 3.07. The van der Waals surface area contributed by atoms with Crippen molar-refractivity contribution in [3.05, 3.63) is 59.9 Å². The lowest BCUT2D eigenvalue weighted by Crippen LogP contribution is -2.38.